The number of aliphatic hydroxyl groups excluding tert-OH is 1. The van der Waals surface area contributed by atoms with Gasteiger partial charge in [0.15, 0.2) is 0 Å². The highest BCUT2D eigenvalue weighted by atomic mass is 19.1. The van der Waals surface area contributed by atoms with Crippen molar-refractivity contribution in [1.82, 2.24) is 4.90 Å². The van der Waals surface area contributed by atoms with Gasteiger partial charge >= 0.3 is 0 Å². The molecule has 0 saturated carbocycles. The van der Waals surface area contributed by atoms with Gasteiger partial charge < -0.3 is 15.3 Å². The number of carbonyl (C=O) groups excluding carboxylic acids is 1. The SMILES string of the molecule is O=C(c1cccc(F)c1)N1CC[C@@H]2[C@H]1c1cc(-c3ccc(F)cc3)ccc1N[C@@H]2CO. The average Bonchev–Trinajstić information content (AvgIpc) is 3.24. The molecule has 2 N–H and O–H groups in total. The van der Waals surface area contributed by atoms with E-state index >= 15 is 0 Å². The molecule has 2 heterocycles. The highest BCUT2D eigenvalue weighted by Gasteiger charge is 2.45. The van der Waals surface area contributed by atoms with Crippen LogP contribution in [0.2, 0.25) is 0 Å². The summed E-state index contributed by atoms with van der Waals surface area (Å²) in [6.07, 6.45) is 0.740. The number of fused-ring (bicyclic) bond motifs is 3. The Kier molecular flexibility index (Phi) is 4.94. The standard InChI is InChI=1S/C25H22F2N2O2/c26-18-7-4-15(5-8-18)16-6-9-22-21(13-16)24-20(23(14-30)28-22)10-11-29(24)25(31)17-2-1-3-19(27)12-17/h1-9,12-13,20,23-24,28,30H,10-11,14H2/t20-,23+,24-/m0/s1. The Morgan fingerprint density at radius 1 is 1.00 bits per heavy atom. The number of hydrogen-bond donors (Lipinski definition) is 2. The topological polar surface area (TPSA) is 52.6 Å². The third-order valence-electron chi connectivity index (χ3n) is 6.38. The Morgan fingerprint density at radius 3 is 2.52 bits per heavy atom. The molecule has 31 heavy (non-hydrogen) atoms. The molecule has 2 aliphatic rings. The summed E-state index contributed by atoms with van der Waals surface area (Å²) in [5, 5.41) is 13.4. The molecule has 6 heteroatoms. The van der Waals surface area contributed by atoms with Crippen molar-refractivity contribution >= 4 is 11.6 Å². The molecule has 158 valence electrons. The quantitative estimate of drug-likeness (QED) is 0.650. The smallest absolute Gasteiger partial charge is 0.254 e. The minimum atomic E-state index is -0.445. The first-order chi connectivity index (χ1) is 15.0. The lowest BCUT2D eigenvalue weighted by Gasteiger charge is -2.39. The summed E-state index contributed by atoms with van der Waals surface area (Å²) in [6, 6.07) is 17.6. The maximum atomic E-state index is 13.7. The Labute approximate surface area is 179 Å². The Bertz CT molecular complexity index is 1130. The van der Waals surface area contributed by atoms with Gasteiger partial charge in [0.2, 0.25) is 0 Å². The Balaban J connectivity index is 1.57. The number of aliphatic hydroxyl groups is 1. The summed E-state index contributed by atoms with van der Waals surface area (Å²) >= 11 is 0. The van der Waals surface area contributed by atoms with Gasteiger partial charge in [-0.25, -0.2) is 8.78 Å². The van der Waals surface area contributed by atoms with E-state index in [2.05, 4.69) is 5.32 Å². The molecule has 0 radical (unpaired) electrons. The summed E-state index contributed by atoms with van der Waals surface area (Å²) in [5.74, 6) is -0.918. The number of amides is 1. The third kappa shape index (κ3) is 3.47. The van der Waals surface area contributed by atoms with Gasteiger partial charge in [-0.3, -0.25) is 4.79 Å². The van der Waals surface area contributed by atoms with Crippen molar-refractivity contribution in [2.45, 2.75) is 18.5 Å². The average molecular weight is 420 g/mol. The molecule has 0 bridgehead atoms. The molecule has 1 amide bonds. The zero-order chi connectivity index (χ0) is 21.5. The lowest BCUT2D eigenvalue weighted by Crippen LogP contribution is -2.42. The van der Waals surface area contributed by atoms with E-state index < -0.39 is 5.82 Å². The lowest BCUT2D eigenvalue weighted by atomic mass is 9.82. The van der Waals surface area contributed by atoms with Crippen molar-refractivity contribution in [1.29, 1.82) is 0 Å². The number of benzene rings is 3. The summed E-state index contributed by atoms with van der Waals surface area (Å²) in [4.78, 5) is 15.1. The normalized spacial score (nSPS) is 21.9. The summed E-state index contributed by atoms with van der Waals surface area (Å²) in [5.41, 5.74) is 3.94. The van der Waals surface area contributed by atoms with E-state index in [9.17, 15) is 18.7 Å². The van der Waals surface area contributed by atoms with Gasteiger partial charge in [-0.15, -0.1) is 0 Å². The molecule has 5 rings (SSSR count). The highest BCUT2D eigenvalue weighted by molar-refractivity contribution is 5.95. The zero-order valence-electron chi connectivity index (χ0n) is 16.8. The number of nitrogens with one attached hydrogen (secondary N) is 1. The second-order valence-electron chi connectivity index (χ2n) is 8.15. The van der Waals surface area contributed by atoms with Gasteiger partial charge in [0, 0.05) is 23.7 Å². The van der Waals surface area contributed by atoms with Crippen molar-refractivity contribution in [3.8, 4) is 11.1 Å². The van der Waals surface area contributed by atoms with Crippen LogP contribution in [0.3, 0.4) is 0 Å². The van der Waals surface area contributed by atoms with Gasteiger partial charge in [-0.05, 0) is 65.6 Å². The first-order valence-electron chi connectivity index (χ1n) is 10.4. The molecule has 2 aliphatic heterocycles. The predicted molar refractivity (Wildman–Crippen MR) is 115 cm³/mol. The second kappa shape index (κ2) is 7.78. The number of rotatable bonds is 3. The molecule has 0 unspecified atom stereocenters. The minimum Gasteiger partial charge on any atom is -0.394 e. The maximum Gasteiger partial charge on any atom is 0.254 e. The molecule has 1 saturated heterocycles. The fraction of sp³-hybridized carbons (Fsp3) is 0.240. The minimum absolute atomic E-state index is 0.0394. The monoisotopic (exact) mass is 420 g/mol. The van der Waals surface area contributed by atoms with E-state index in [1.54, 1.807) is 23.1 Å². The first-order valence-corrected chi connectivity index (χ1v) is 10.4. The largest absolute Gasteiger partial charge is 0.394 e. The van der Waals surface area contributed by atoms with Crippen molar-refractivity contribution in [2.24, 2.45) is 5.92 Å². The van der Waals surface area contributed by atoms with E-state index in [1.165, 1.54) is 30.3 Å². The fourth-order valence-corrected chi connectivity index (χ4v) is 4.90. The van der Waals surface area contributed by atoms with Gasteiger partial charge in [0.05, 0.1) is 18.7 Å². The van der Waals surface area contributed by atoms with E-state index in [0.717, 1.165) is 28.8 Å². The number of likely N-dealkylation sites (tertiary alicyclic amines) is 1. The number of halogens is 2. The molecule has 0 aromatic heterocycles. The van der Waals surface area contributed by atoms with Crippen molar-refractivity contribution in [3.05, 3.63) is 89.5 Å². The van der Waals surface area contributed by atoms with Crippen LogP contribution < -0.4 is 5.32 Å². The number of nitrogens with zero attached hydrogens (tertiary/aromatic N) is 1. The van der Waals surface area contributed by atoms with Crippen LogP contribution in [0, 0.1) is 17.6 Å². The van der Waals surface area contributed by atoms with Crippen LogP contribution in [0.15, 0.2) is 66.7 Å². The summed E-state index contributed by atoms with van der Waals surface area (Å²) < 4.78 is 27.1. The van der Waals surface area contributed by atoms with Crippen LogP contribution in [0.5, 0.6) is 0 Å². The number of anilines is 1. The highest BCUT2D eigenvalue weighted by Crippen LogP contribution is 2.47. The van der Waals surface area contributed by atoms with E-state index in [-0.39, 0.29) is 36.3 Å². The second-order valence-corrected chi connectivity index (χ2v) is 8.15. The maximum absolute atomic E-state index is 13.7. The summed E-state index contributed by atoms with van der Waals surface area (Å²) in [6.45, 7) is 0.491. The van der Waals surface area contributed by atoms with Crippen LogP contribution in [-0.2, 0) is 0 Å². The van der Waals surface area contributed by atoms with E-state index in [0.29, 0.717) is 12.1 Å². The van der Waals surface area contributed by atoms with Crippen molar-refractivity contribution in [2.75, 3.05) is 18.5 Å². The fourth-order valence-electron chi connectivity index (χ4n) is 4.90. The van der Waals surface area contributed by atoms with Crippen LogP contribution >= 0.6 is 0 Å². The molecule has 1 fully saturated rings. The molecule has 3 aromatic rings. The number of carbonyl (C=O) groups is 1. The Hall–Kier alpha value is -3.25. The molecule has 0 spiro atoms. The first kappa shape index (κ1) is 19.7. The van der Waals surface area contributed by atoms with Gasteiger partial charge in [-0.2, -0.15) is 0 Å². The van der Waals surface area contributed by atoms with Crippen LogP contribution in [0.25, 0.3) is 11.1 Å². The molecule has 3 atom stereocenters. The predicted octanol–water partition coefficient (Wildman–Crippen LogP) is 4.62. The molecule has 3 aromatic carbocycles. The van der Waals surface area contributed by atoms with Crippen LogP contribution in [-0.4, -0.2) is 35.1 Å². The van der Waals surface area contributed by atoms with Crippen molar-refractivity contribution < 1.29 is 18.7 Å². The van der Waals surface area contributed by atoms with Crippen LogP contribution in [0.4, 0.5) is 14.5 Å². The zero-order valence-corrected chi connectivity index (χ0v) is 16.8. The lowest BCUT2D eigenvalue weighted by molar-refractivity contribution is 0.0700. The molecular weight excluding hydrogens is 398 g/mol. The Morgan fingerprint density at radius 2 is 1.77 bits per heavy atom. The van der Waals surface area contributed by atoms with Crippen LogP contribution in [0.1, 0.15) is 28.4 Å². The van der Waals surface area contributed by atoms with Crippen molar-refractivity contribution in [3.63, 3.8) is 0 Å². The van der Waals surface area contributed by atoms with Gasteiger partial charge in [0.1, 0.15) is 11.6 Å². The van der Waals surface area contributed by atoms with E-state index in [4.69, 9.17) is 0 Å². The molecule has 4 nitrogen and oxygen atoms in total. The third-order valence-corrected chi connectivity index (χ3v) is 6.38. The molecular formula is C25H22F2N2O2. The number of hydrogen-bond acceptors (Lipinski definition) is 3. The summed E-state index contributed by atoms with van der Waals surface area (Å²) in [7, 11) is 0. The van der Waals surface area contributed by atoms with E-state index in [1.807, 2.05) is 18.2 Å². The van der Waals surface area contributed by atoms with Gasteiger partial charge in [0.25, 0.3) is 5.91 Å². The van der Waals surface area contributed by atoms with Gasteiger partial charge in [-0.1, -0.05) is 24.3 Å². The molecule has 0 aliphatic carbocycles.